The van der Waals surface area contributed by atoms with E-state index in [0.717, 1.165) is 31.8 Å². The lowest BCUT2D eigenvalue weighted by atomic mass is 9.75. The molecule has 1 aromatic heterocycles. The Kier molecular flexibility index (Phi) is 6.20. The number of H-pyrrole nitrogens is 1. The molecule has 2 atom stereocenters. The molecule has 2 aliphatic rings. The summed E-state index contributed by atoms with van der Waals surface area (Å²) >= 11 is 1.36. The Hall–Kier alpha value is -2.02. The Morgan fingerprint density at radius 3 is 2.75 bits per heavy atom. The molecule has 4 rings (SSSR count). The van der Waals surface area contributed by atoms with Crippen LogP contribution < -0.4 is 5.69 Å². The van der Waals surface area contributed by atoms with Crippen LogP contribution in [0.25, 0.3) is 0 Å². The van der Waals surface area contributed by atoms with Gasteiger partial charge in [0.2, 0.25) is 5.91 Å². The van der Waals surface area contributed by atoms with Crippen LogP contribution in [0.5, 0.6) is 0 Å². The number of carbonyl (C=O) groups is 1. The molecule has 0 radical (unpaired) electrons. The van der Waals surface area contributed by atoms with Crippen molar-refractivity contribution >= 4 is 17.7 Å². The molecule has 1 saturated carbocycles. The predicted octanol–water partition coefficient (Wildman–Crippen LogP) is 2.94. The molecule has 1 amide bonds. The van der Waals surface area contributed by atoms with Crippen molar-refractivity contribution in [2.24, 2.45) is 11.8 Å². The highest BCUT2D eigenvalue weighted by molar-refractivity contribution is 7.99. The van der Waals surface area contributed by atoms with Crippen molar-refractivity contribution in [2.45, 2.75) is 50.2 Å². The Balaban J connectivity index is 1.32. The summed E-state index contributed by atoms with van der Waals surface area (Å²) in [7, 11) is 0. The topological polar surface area (TPSA) is 71.0 Å². The lowest BCUT2D eigenvalue weighted by Crippen LogP contribution is -2.45. The molecule has 2 aromatic rings. The fourth-order valence-electron chi connectivity index (χ4n) is 4.54. The van der Waals surface area contributed by atoms with Crippen molar-refractivity contribution in [2.75, 3.05) is 18.8 Å². The highest BCUT2D eigenvalue weighted by atomic mass is 32.2. The molecule has 28 heavy (non-hydrogen) atoms. The highest BCUT2D eigenvalue weighted by Crippen LogP contribution is 2.36. The summed E-state index contributed by atoms with van der Waals surface area (Å²) in [6.45, 7) is 2.34. The number of benzene rings is 1. The van der Waals surface area contributed by atoms with Gasteiger partial charge in [-0.1, -0.05) is 61.4 Å². The molecule has 7 heteroatoms. The highest BCUT2D eigenvalue weighted by Gasteiger charge is 2.32. The number of aryl methyl sites for hydroxylation is 1. The van der Waals surface area contributed by atoms with Crippen molar-refractivity contribution in [3.8, 4) is 0 Å². The maximum absolute atomic E-state index is 12.7. The molecule has 0 bridgehead atoms. The molecule has 1 aliphatic heterocycles. The van der Waals surface area contributed by atoms with Crippen LogP contribution in [0, 0.1) is 11.8 Å². The Morgan fingerprint density at radius 1 is 1.14 bits per heavy atom. The van der Waals surface area contributed by atoms with E-state index in [2.05, 4.69) is 22.3 Å². The van der Waals surface area contributed by atoms with Gasteiger partial charge in [0.25, 0.3) is 0 Å². The number of amides is 1. The van der Waals surface area contributed by atoms with E-state index >= 15 is 0 Å². The summed E-state index contributed by atoms with van der Waals surface area (Å²) < 4.78 is 1.64. The Bertz CT molecular complexity index is 848. The van der Waals surface area contributed by atoms with Gasteiger partial charge in [-0.3, -0.25) is 9.36 Å². The maximum atomic E-state index is 12.7. The summed E-state index contributed by atoms with van der Waals surface area (Å²) in [6, 6.07) is 10.1. The number of aromatic amines is 1. The normalized spacial score (nSPS) is 22.1. The number of rotatable bonds is 6. The van der Waals surface area contributed by atoms with E-state index in [1.807, 2.05) is 23.1 Å². The fraction of sp³-hybridized carbons (Fsp3) is 0.571. The van der Waals surface area contributed by atoms with Crippen LogP contribution in [-0.2, 0) is 17.8 Å². The monoisotopic (exact) mass is 400 g/mol. The molecule has 150 valence electrons. The number of nitrogens with zero attached hydrogens (tertiary/aromatic N) is 3. The zero-order valence-electron chi connectivity index (χ0n) is 16.2. The molecule has 0 unspecified atom stereocenters. The van der Waals surface area contributed by atoms with E-state index in [0.29, 0.717) is 23.4 Å². The molecule has 1 aliphatic carbocycles. The van der Waals surface area contributed by atoms with Gasteiger partial charge in [0.05, 0.1) is 5.75 Å². The van der Waals surface area contributed by atoms with Gasteiger partial charge >= 0.3 is 5.69 Å². The van der Waals surface area contributed by atoms with Crippen LogP contribution in [0.15, 0.2) is 40.3 Å². The molecule has 6 nitrogen and oxygen atoms in total. The third-order valence-corrected chi connectivity index (χ3v) is 7.12. The standard InChI is InChI=1S/C21H28N4O2S/c26-19(24-12-11-17-8-4-5-9-18(17)14-24)15-28-21-23-22-20(27)25(21)13-10-16-6-2-1-3-7-16/h1-3,6-7,17-18H,4-5,8-15H2,(H,22,27)/t17-,18+/m0/s1. The van der Waals surface area contributed by atoms with Crippen molar-refractivity contribution in [1.82, 2.24) is 19.7 Å². The van der Waals surface area contributed by atoms with E-state index in [4.69, 9.17) is 0 Å². The SMILES string of the molecule is O=C(CSc1n[nH]c(=O)n1CCc1ccccc1)N1CC[C@@H]2CCCC[C@@H]2C1. The molecule has 1 N–H and O–H groups in total. The smallest absolute Gasteiger partial charge is 0.342 e. The van der Waals surface area contributed by atoms with Crippen LogP contribution in [-0.4, -0.2) is 44.4 Å². The number of piperidine rings is 1. The van der Waals surface area contributed by atoms with Crippen LogP contribution in [0.3, 0.4) is 0 Å². The number of thioether (sulfide) groups is 1. The van der Waals surface area contributed by atoms with Gasteiger partial charge in [-0.25, -0.2) is 9.89 Å². The summed E-state index contributed by atoms with van der Waals surface area (Å²) in [5.41, 5.74) is 0.965. The first-order valence-corrected chi connectivity index (χ1v) is 11.3. The second-order valence-corrected chi connectivity index (χ2v) is 8.86. The number of carbonyl (C=O) groups excluding carboxylic acids is 1. The van der Waals surface area contributed by atoms with Crippen LogP contribution in [0.4, 0.5) is 0 Å². The van der Waals surface area contributed by atoms with Crippen molar-refractivity contribution in [3.63, 3.8) is 0 Å². The van der Waals surface area contributed by atoms with Crippen molar-refractivity contribution in [1.29, 1.82) is 0 Å². The van der Waals surface area contributed by atoms with Gasteiger partial charge in [-0.2, -0.15) is 0 Å². The maximum Gasteiger partial charge on any atom is 0.343 e. The summed E-state index contributed by atoms with van der Waals surface area (Å²) in [5.74, 6) is 2.01. The van der Waals surface area contributed by atoms with Gasteiger partial charge in [-0.05, 0) is 36.7 Å². The molecule has 2 fully saturated rings. The van der Waals surface area contributed by atoms with Crippen molar-refractivity contribution < 1.29 is 4.79 Å². The molecule has 2 heterocycles. The second-order valence-electron chi connectivity index (χ2n) is 7.92. The number of fused-ring (bicyclic) bond motifs is 1. The molecule has 1 saturated heterocycles. The quantitative estimate of drug-likeness (QED) is 0.757. The summed E-state index contributed by atoms with van der Waals surface area (Å²) in [5, 5.41) is 7.25. The minimum Gasteiger partial charge on any atom is -0.342 e. The average molecular weight is 401 g/mol. The van der Waals surface area contributed by atoms with Crippen LogP contribution in [0.2, 0.25) is 0 Å². The van der Waals surface area contributed by atoms with Crippen molar-refractivity contribution in [3.05, 3.63) is 46.4 Å². The third kappa shape index (κ3) is 4.51. The first-order valence-electron chi connectivity index (χ1n) is 10.3. The molecular formula is C21H28N4O2S. The van der Waals surface area contributed by atoms with Crippen LogP contribution >= 0.6 is 11.8 Å². The minimum atomic E-state index is -0.214. The number of hydrogen-bond donors (Lipinski definition) is 1. The van der Waals surface area contributed by atoms with Gasteiger partial charge in [0.15, 0.2) is 5.16 Å². The predicted molar refractivity (Wildman–Crippen MR) is 110 cm³/mol. The number of nitrogens with one attached hydrogen (secondary N) is 1. The molecular weight excluding hydrogens is 372 g/mol. The summed E-state index contributed by atoms with van der Waals surface area (Å²) in [4.78, 5) is 26.9. The van der Waals surface area contributed by atoms with Gasteiger partial charge in [0.1, 0.15) is 0 Å². The third-order valence-electron chi connectivity index (χ3n) is 6.16. The second kappa shape index (κ2) is 8.99. The number of aromatic nitrogens is 3. The number of hydrogen-bond acceptors (Lipinski definition) is 4. The summed E-state index contributed by atoms with van der Waals surface area (Å²) in [6.07, 6.45) is 7.16. The van der Waals surface area contributed by atoms with E-state index in [9.17, 15) is 9.59 Å². The Morgan fingerprint density at radius 2 is 1.93 bits per heavy atom. The van der Waals surface area contributed by atoms with Gasteiger partial charge in [-0.15, -0.1) is 5.10 Å². The molecule has 1 aromatic carbocycles. The largest absolute Gasteiger partial charge is 0.343 e. The Labute approximate surface area is 169 Å². The first-order chi connectivity index (χ1) is 13.7. The average Bonchev–Trinajstić information content (AvgIpc) is 3.10. The number of likely N-dealkylation sites (tertiary alicyclic amines) is 1. The fourth-order valence-corrected chi connectivity index (χ4v) is 5.42. The first kappa shape index (κ1) is 19.3. The van der Waals surface area contributed by atoms with E-state index in [1.165, 1.54) is 43.0 Å². The van der Waals surface area contributed by atoms with Gasteiger partial charge in [0, 0.05) is 19.6 Å². The zero-order valence-corrected chi connectivity index (χ0v) is 17.0. The minimum absolute atomic E-state index is 0.166. The molecule has 0 spiro atoms. The van der Waals surface area contributed by atoms with E-state index in [1.54, 1.807) is 4.57 Å². The lowest BCUT2D eigenvalue weighted by molar-refractivity contribution is -0.131. The van der Waals surface area contributed by atoms with E-state index in [-0.39, 0.29) is 11.6 Å². The zero-order chi connectivity index (χ0) is 19.3. The van der Waals surface area contributed by atoms with Gasteiger partial charge < -0.3 is 4.90 Å². The van der Waals surface area contributed by atoms with E-state index < -0.39 is 0 Å². The lowest BCUT2D eigenvalue weighted by Gasteiger charge is -2.41. The van der Waals surface area contributed by atoms with Crippen LogP contribution in [0.1, 0.15) is 37.7 Å².